The summed E-state index contributed by atoms with van der Waals surface area (Å²) in [5.41, 5.74) is 7.21. The Balaban J connectivity index is 1.47. The Bertz CT molecular complexity index is 1460. The number of para-hydroxylation sites is 1. The van der Waals surface area contributed by atoms with Gasteiger partial charge in [-0.15, -0.1) is 0 Å². The molecule has 0 aliphatic carbocycles. The molecule has 3 heterocycles. The highest BCUT2D eigenvalue weighted by Crippen LogP contribution is 2.27. The summed E-state index contributed by atoms with van der Waals surface area (Å²) < 4.78 is 1.49. The van der Waals surface area contributed by atoms with E-state index in [1.807, 2.05) is 30.3 Å². The Morgan fingerprint density at radius 2 is 1.81 bits per heavy atom. The van der Waals surface area contributed by atoms with Gasteiger partial charge in [0, 0.05) is 11.6 Å². The van der Waals surface area contributed by atoms with Crippen molar-refractivity contribution in [2.45, 2.75) is 12.5 Å². The fraction of sp³-hybridized carbons (Fsp3) is 0.154. The number of likely N-dealkylation sites (tertiary alicyclic amines) is 1. The molecular formula is C26H23ClN6O3. The minimum Gasteiger partial charge on any atom is -0.386 e. The summed E-state index contributed by atoms with van der Waals surface area (Å²) in [7, 11) is 0. The first-order chi connectivity index (χ1) is 17.2. The smallest absolute Gasteiger partial charge is 0.274 e. The van der Waals surface area contributed by atoms with E-state index in [4.69, 9.17) is 17.3 Å². The zero-order valence-electron chi connectivity index (χ0n) is 19.4. The van der Waals surface area contributed by atoms with E-state index in [0.29, 0.717) is 28.6 Å². The van der Waals surface area contributed by atoms with Crippen LogP contribution in [0.25, 0.3) is 16.9 Å². The van der Waals surface area contributed by atoms with Gasteiger partial charge in [0.05, 0.1) is 40.7 Å². The van der Waals surface area contributed by atoms with Gasteiger partial charge in [0.2, 0.25) is 0 Å². The molecule has 36 heavy (non-hydrogen) atoms. The van der Waals surface area contributed by atoms with Crippen LogP contribution < -0.4 is 11.1 Å². The number of β-amino-alcohol motifs (C(OH)–C–C–N with tert-alkyl or cyclic N) is 1. The zero-order valence-corrected chi connectivity index (χ0v) is 20.1. The van der Waals surface area contributed by atoms with E-state index >= 15 is 0 Å². The Labute approximate surface area is 212 Å². The van der Waals surface area contributed by atoms with Gasteiger partial charge in [0.15, 0.2) is 5.69 Å². The topological polar surface area (TPSA) is 126 Å². The summed E-state index contributed by atoms with van der Waals surface area (Å²) in [5, 5.41) is 17.5. The van der Waals surface area contributed by atoms with E-state index in [-0.39, 0.29) is 35.3 Å². The summed E-state index contributed by atoms with van der Waals surface area (Å²) in [6.07, 6.45) is 0. The largest absolute Gasteiger partial charge is 0.386 e. The molecule has 0 spiro atoms. The molecule has 1 saturated heterocycles. The number of carbonyl (C=O) groups is 2. The predicted octanol–water partition coefficient (Wildman–Crippen LogP) is 3.63. The first-order valence-corrected chi connectivity index (χ1v) is 11.6. The van der Waals surface area contributed by atoms with Crippen LogP contribution in [0.3, 0.4) is 0 Å². The van der Waals surface area contributed by atoms with Gasteiger partial charge >= 0.3 is 0 Å². The molecule has 9 nitrogen and oxygen atoms in total. The SMILES string of the molecule is CC1(O)CN(C(=O)c2cc(NC(=O)c3cc(-c4cccc(N)n4)ccc3Cl)n(-c3ccccc3)n2)C1. The molecule has 2 aromatic heterocycles. The van der Waals surface area contributed by atoms with Gasteiger partial charge in [-0.2, -0.15) is 5.10 Å². The lowest BCUT2D eigenvalue weighted by Gasteiger charge is -2.43. The molecule has 2 amide bonds. The number of nitrogens with one attached hydrogen (secondary N) is 1. The minimum atomic E-state index is -0.908. The quantitative estimate of drug-likeness (QED) is 0.382. The second-order valence-corrected chi connectivity index (χ2v) is 9.32. The normalized spacial score (nSPS) is 14.2. The molecule has 0 unspecified atom stereocenters. The van der Waals surface area contributed by atoms with E-state index in [2.05, 4.69) is 15.4 Å². The number of anilines is 2. The molecule has 4 aromatic rings. The number of nitrogens with zero attached hydrogens (tertiary/aromatic N) is 4. The average molecular weight is 503 g/mol. The molecular weight excluding hydrogens is 480 g/mol. The lowest BCUT2D eigenvalue weighted by atomic mass is 9.97. The van der Waals surface area contributed by atoms with Gasteiger partial charge in [0.25, 0.3) is 11.8 Å². The molecule has 2 aromatic carbocycles. The molecule has 10 heteroatoms. The highest BCUT2D eigenvalue weighted by atomic mass is 35.5. The van der Waals surface area contributed by atoms with Crippen molar-refractivity contribution in [1.29, 1.82) is 0 Å². The van der Waals surface area contributed by atoms with E-state index in [1.54, 1.807) is 43.3 Å². The van der Waals surface area contributed by atoms with E-state index in [9.17, 15) is 14.7 Å². The average Bonchev–Trinajstić information content (AvgIpc) is 3.26. The van der Waals surface area contributed by atoms with Crippen LogP contribution in [0.4, 0.5) is 11.6 Å². The summed E-state index contributed by atoms with van der Waals surface area (Å²) >= 11 is 6.37. The number of nitrogen functional groups attached to an aromatic ring is 1. The van der Waals surface area contributed by atoms with Crippen LogP contribution in [0.2, 0.25) is 5.02 Å². The summed E-state index contributed by atoms with van der Waals surface area (Å²) in [6.45, 7) is 2.10. The Morgan fingerprint density at radius 1 is 1.06 bits per heavy atom. The molecule has 182 valence electrons. The molecule has 0 radical (unpaired) electrons. The van der Waals surface area contributed by atoms with Crippen molar-refractivity contribution in [1.82, 2.24) is 19.7 Å². The van der Waals surface area contributed by atoms with Crippen molar-refractivity contribution >= 4 is 35.1 Å². The van der Waals surface area contributed by atoms with Crippen LogP contribution in [-0.2, 0) is 0 Å². The van der Waals surface area contributed by atoms with E-state index in [0.717, 1.165) is 0 Å². The maximum atomic E-state index is 13.3. The Hall–Kier alpha value is -4.21. The number of amides is 2. The van der Waals surface area contributed by atoms with Gasteiger partial charge in [-0.3, -0.25) is 9.59 Å². The van der Waals surface area contributed by atoms with Gasteiger partial charge in [0.1, 0.15) is 11.6 Å². The monoisotopic (exact) mass is 502 g/mol. The van der Waals surface area contributed by atoms with Crippen LogP contribution in [0.15, 0.2) is 72.8 Å². The number of nitrogens with two attached hydrogens (primary N) is 1. The van der Waals surface area contributed by atoms with Crippen molar-refractivity contribution in [3.05, 3.63) is 89.1 Å². The minimum absolute atomic E-state index is 0.147. The van der Waals surface area contributed by atoms with Crippen LogP contribution >= 0.6 is 11.6 Å². The highest BCUT2D eigenvalue weighted by molar-refractivity contribution is 6.34. The lowest BCUT2D eigenvalue weighted by molar-refractivity contribution is -0.0670. The van der Waals surface area contributed by atoms with Gasteiger partial charge in [-0.25, -0.2) is 9.67 Å². The third-order valence-electron chi connectivity index (χ3n) is 5.80. The van der Waals surface area contributed by atoms with Crippen LogP contribution in [0.1, 0.15) is 27.8 Å². The van der Waals surface area contributed by atoms with Crippen molar-refractivity contribution in [3.63, 3.8) is 0 Å². The third-order valence-corrected chi connectivity index (χ3v) is 6.13. The Kier molecular flexibility index (Phi) is 5.95. The number of halogens is 1. The number of hydrogen-bond acceptors (Lipinski definition) is 6. The maximum Gasteiger partial charge on any atom is 0.274 e. The molecule has 1 aliphatic rings. The van der Waals surface area contributed by atoms with E-state index < -0.39 is 11.5 Å². The third kappa shape index (κ3) is 4.66. The number of rotatable bonds is 5. The molecule has 5 rings (SSSR count). The molecule has 1 fully saturated rings. The van der Waals surface area contributed by atoms with Crippen molar-refractivity contribution in [3.8, 4) is 16.9 Å². The molecule has 0 saturated carbocycles. The molecule has 0 bridgehead atoms. The van der Waals surface area contributed by atoms with E-state index in [1.165, 1.54) is 15.6 Å². The maximum absolute atomic E-state index is 13.3. The molecule has 0 atom stereocenters. The van der Waals surface area contributed by atoms with Gasteiger partial charge < -0.3 is 21.1 Å². The first-order valence-electron chi connectivity index (χ1n) is 11.2. The van der Waals surface area contributed by atoms with Crippen LogP contribution in [0, 0.1) is 0 Å². The van der Waals surface area contributed by atoms with Crippen LogP contribution in [0.5, 0.6) is 0 Å². The van der Waals surface area contributed by atoms with Gasteiger partial charge in [-0.05, 0) is 43.3 Å². The summed E-state index contributed by atoms with van der Waals surface area (Å²) in [6, 6.07) is 20.9. The molecule has 4 N–H and O–H groups in total. The van der Waals surface area contributed by atoms with Gasteiger partial charge in [-0.1, -0.05) is 41.9 Å². The number of aliphatic hydroxyl groups is 1. The standard InChI is InChI=1S/C26H23ClN6O3/c1-26(36)14-32(15-26)25(35)21-13-23(33(31-21)17-6-3-2-4-7-17)30-24(34)18-12-16(10-11-19(18)27)20-8-5-9-22(28)29-20/h2-13,36H,14-15H2,1H3,(H2,28,29)(H,30,34). The zero-order chi connectivity index (χ0) is 25.4. The lowest BCUT2D eigenvalue weighted by Crippen LogP contribution is -2.61. The second-order valence-electron chi connectivity index (χ2n) is 8.92. The number of aromatic nitrogens is 3. The van der Waals surface area contributed by atoms with Crippen molar-refractivity contribution in [2.75, 3.05) is 24.1 Å². The second kappa shape index (κ2) is 9.10. The summed E-state index contributed by atoms with van der Waals surface area (Å²) in [4.78, 5) is 32.1. The predicted molar refractivity (Wildman–Crippen MR) is 137 cm³/mol. The number of carbonyl (C=O) groups excluding carboxylic acids is 2. The van der Waals surface area contributed by atoms with Crippen LogP contribution in [-0.4, -0.2) is 55.3 Å². The fourth-order valence-corrected chi connectivity index (χ4v) is 4.28. The number of hydrogen-bond donors (Lipinski definition) is 3. The number of benzene rings is 2. The molecule has 1 aliphatic heterocycles. The Morgan fingerprint density at radius 3 is 2.50 bits per heavy atom. The number of pyridine rings is 1. The highest BCUT2D eigenvalue weighted by Gasteiger charge is 2.40. The fourth-order valence-electron chi connectivity index (χ4n) is 4.08. The van der Waals surface area contributed by atoms with Crippen molar-refractivity contribution in [2.24, 2.45) is 0 Å². The van der Waals surface area contributed by atoms with Crippen molar-refractivity contribution < 1.29 is 14.7 Å². The first kappa shape index (κ1) is 23.5. The summed E-state index contributed by atoms with van der Waals surface area (Å²) in [5.74, 6) is -0.153.